The lowest BCUT2D eigenvalue weighted by atomic mass is 10.2. The Balaban J connectivity index is 1.35. The van der Waals surface area contributed by atoms with Crippen LogP contribution in [0.25, 0.3) is 10.9 Å². The molecule has 1 saturated heterocycles. The standard InChI is InChI=1S/C23H20FN7O3/c24-15-5-6-19-17(13-15)20(32)28-23(34)31(19)14-16-3-1-4-18(27-16)21(33)29-9-11-30(12-10-29)22-25-7-2-8-26-22/h1-8,13H,9-12,14H2,(H,28,32,34). The second-order valence-electron chi connectivity index (χ2n) is 7.85. The van der Waals surface area contributed by atoms with E-state index < -0.39 is 17.1 Å². The van der Waals surface area contributed by atoms with E-state index >= 15 is 0 Å². The van der Waals surface area contributed by atoms with Crippen LogP contribution >= 0.6 is 0 Å². The SMILES string of the molecule is O=C(c1cccc(Cn2c(=O)[nH]c(=O)c3cc(F)ccc32)n1)N1CCN(c2ncccn2)CC1. The average molecular weight is 461 g/mol. The van der Waals surface area contributed by atoms with Crippen molar-refractivity contribution in [2.24, 2.45) is 0 Å². The van der Waals surface area contributed by atoms with E-state index in [1.807, 2.05) is 4.90 Å². The minimum Gasteiger partial charge on any atom is -0.337 e. The number of benzene rings is 1. The van der Waals surface area contributed by atoms with Gasteiger partial charge in [-0.15, -0.1) is 0 Å². The maximum absolute atomic E-state index is 13.6. The van der Waals surface area contributed by atoms with Crippen LogP contribution in [0.3, 0.4) is 0 Å². The van der Waals surface area contributed by atoms with Crippen molar-refractivity contribution in [3.63, 3.8) is 0 Å². The molecule has 11 heteroatoms. The summed E-state index contributed by atoms with van der Waals surface area (Å²) < 4.78 is 14.9. The molecule has 1 amide bonds. The van der Waals surface area contributed by atoms with Gasteiger partial charge in [0.1, 0.15) is 11.5 Å². The molecule has 0 aliphatic carbocycles. The fourth-order valence-electron chi connectivity index (χ4n) is 4.00. The smallest absolute Gasteiger partial charge is 0.329 e. The van der Waals surface area contributed by atoms with Crippen LogP contribution in [0.5, 0.6) is 0 Å². The maximum Gasteiger partial charge on any atom is 0.329 e. The summed E-state index contributed by atoms with van der Waals surface area (Å²) in [7, 11) is 0. The Morgan fingerprint density at radius 2 is 1.76 bits per heavy atom. The molecule has 1 fully saturated rings. The lowest BCUT2D eigenvalue weighted by Crippen LogP contribution is -2.49. The van der Waals surface area contributed by atoms with Gasteiger partial charge in [-0.3, -0.25) is 19.1 Å². The minimum atomic E-state index is -0.660. The average Bonchev–Trinajstić information content (AvgIpc) is 2.87. The Labute approximate surface area is 192 Å². The van der Waals surface area contributed by atoms with Crippen LogP contribution in [0, 0.1) is 5.82 Å². The number of halogens is 1. The van der Waals surface area contributed by atoms with Crippen LogP contribution in [0.1, 0.15) is 16.2 Å². The van der Waals surface area contributed by atoms with E-state index in [2.05, 4.69) is 19.9 Å². The molecule has 1 aliphatic rings. The van der Waals surface area contributed by atoms with Crippen molar-refractivity contribution < 1.29 is 9.18 Å². The molecule has 0 atom stereocenters. The van der Waals surface area contributed by atoms with Crippen LogP contribution in [0.2, 0.25) is 0 Å². The third kappa shape index (κ3) is 4.15. The first kappa shape index (κ1) is 21.4. The van der Waals surface area contributed by atoms with E-state index in [4.69, 9.17) is 0 Å². The summed E-state index contributed by atoms with van der Waals surface area (Å²) in [4.78, 5) is 56.5. The first-order valence-corrected chi connectivity index (χ1v) is 10.7. The molecule has 3 aromatic heterocycles. The fraction of sp³-hybridized carbons (Fsp3) is 0.217. The number of fused-ring (bicyclic) bond motifs is 1. The predicted octanol–water partition coefficient (Wildman–Crippen LogP) is 1.02. The van der Waals surface area contributed by atoms with Crippen LogP contribution in [0.15, 0.2) is 64.4 Å². The van der Waals surface area contributed by atoms with Crippen molar-refractivity contribution in [1.82, 2.24) is 29.4 Å². The summed E-state index contributed by atoms with van der Waals surface area (Å²) in [5, 5.41) is 0.0621. The number of rotatable bonds is 4. The van der Waals surface area contributed by atoms with Crippen LogP contribution < -0.4 is 16.1 Å². The molecule has 0 unspecified atom stereocenters. The van der Waals surface area contributed by atoms with Gasteiger partial charge in [-0.25, -0.2) is 24.1 Å². The third-order valence-electron chi connectivity index (χ3n) is 5.71. The molecule has 34 heavy (non-hydrogen) atoms. The van der Waals surface area contributed by atoms with Crippen molar-refractivity contribution in [2.45, 2.75) is 6.54 Å². The van der Waals surface area contributed by atoms with Gasteiger partial charge >= 0.3 is 5.69 Å². The van der Waals surface area contributed by atoms with Crippen LogP contribution in [0.4, 0.5) is 10.3 Å². The molecule has 5 rings (SSSR count). The van der Waals surface area contributed by atoms with E-state index in [0.29, 0.717) is 37.8 Å². The minimum absolute atomic E-state index is 0.0119. The molecule has 0 bridgehead atoms. The van der Waals surface area contributed by atoms with E-state index in [-0.39, 0.29) is 29.0 Å². The van der Waals surface area contributed by atoms with Gasteiger partial charge in [0.25, 0.3) is 11.5 Å². The quantitative estimate of drug-likeness (QED) is 0.482. The first-order valence-electron chi connectivity index (χ1n) is 10.7. The van der Waals surface area contributed by atoms with Gasteiger partial charge in [-0.1, -0.05) is 6.07 Å². The molecule has 4 heterocycles. The van der Waals surface area contributed by atoms with E-state index in [9.17, 15) is 18.8 Å². The molecular formula is C23H20FN7O3. The summed E-state index contributed by atoms with van der Waals surface area (Å²) in [6.45, 7) is 2.21. The zero-order valence-electron chi connectivity index (χ0n) is 18.0. The number of anilines is 1. The lowest BCUT2D eigenvalue weighted by molar-refractivity contribution is 0.0740. The second-order valence-corrected chi connectivity index (χ2v) is 7.85. The summed E-state index contributed by atoms with van der Waals surface area (Å²) >= 11 is 0. The number of nitrogens with one attached hydrogen (secondary N) is 1. The zero-order chi connectivity index (χ0) is 23.7. The number of carbonyl (C=O) groups excluding carboxylic acids is 1. The molecule has 172 valence electrons. The summed E-state index contributed by atoms with van der Waals surface area (Å²) in [6, 6.07) is 10.4. The number of carbonyl (C=O) groups is 1. The van der Waals surface area contributed by atoms with Crippen LogP contribution in [-0.4, -0.2) is 61.5 Å². The highest BCUT2D eigenvalue weighted by Gasteiger charge is 2.24. The fourth-order valence-corrected chi connectivity index (χ4v) is 4.00. The number of hydrogen-bond donors (Lipinski definition) is 1. The topological polar surface area (TPSA) is 117 Å². The van der Waals surface area contributed by atoms with E-state index in [1.54, 1.807) is 41.6 Å². The number of aromatic nitrogens is 5. The van der Waals surface area contributed by atoms with E-state index in [1.165, 1.54) is 16.7 Å². The Kier molecular flexibility index (Phi) is 5.58. The highest BCUT2D eigenvalue weighted by Crippen LogP contribution is 2.14. The number of aromatic amines is 1. The first-order chi connectivity index (χ1) is 16.5. The lowest BCUT2D eigenvalue weighted by Gasteiger charge is -2.34. The van der Waals surface area contributed by atoms with Crippen molar-refractivity contribution in [3.05, 3.63) is 92.9 Å². The van der Waals surface area contributed by atoms with Gasteiger partial charge in [0.2, 0.25) is 5.95 Å². The highest BCUT2D eigenvalue weighted by molar-refractivity contribution is 5.92. The summed E-state index contributed by atoms with van der Waals surface area (Å²) in [5.74, 6) is -0.155. The predicted molar refractivity (Wildman–Crippen MR) is 122 cm³/mol. The number of hydrogen-bond acceptors (Lipinski definition) is 7. The van der Waals surface area contributed by atoms with Crippen LogP contribution in [-0.2, 0) is 6.54 Å². The van der Waals surface area contributed by atoms with Crippen molar-refractivity contribution in [1.29, 1.82) is 0 Å². The summed E-state index contributed by atoms with van der Waals surface area (Å²) in [5.41, 5.74) is -0.292. The van der Waals surface area contributed by atoms with Crippen molar-refractivity contribution in [2.75, 3.05) is 31.1 Å². The normalized spacial score (nSPS) is 13.9. The van der Waals surface area contributed by atoms with Gasteiger partial charge in [0.15, 0.2) is 0 Å². The summed E-state index contributed by atoms with van der Waals surface area (Å²) in [6.07, 6.45) is 3.37. The number of nitrogens with zero attached hydrogens (tertiary/aromatic N) is 6. The Hall–Kier alpha value is -4.41. The number of amides is 1. The molecule has 1 aromatic carbocycles. The molecule has 10 nitrogen and oxygen atoms in total. The van der Waals surface area contributed by atoms with E-state index in [0.717, 1.165) is 6.07 Å². The Bertz CT molecular complexity index is 1480. The Morgan fingerprint density at radius 1 is 1.00 bits per heavy atom. The van der Waals surface area contributed by atoms with Gasteiger partial charge in [0, 0.05) is 38.6 Å². The second kappa shape index (κ2) is 8.85. The molecule has 1 aliphatic heterocycles. The monoisotopic (exact) mass is 461 g/mol. The number of piperazine rings is 1. The molecule has 0 radical (unpaired) electrons. The zero-order valence-corrected chi connectivity index (χ0v) is 18.0. The molecule has 1 N–H and O–H groups in total. The largest absolute Gasteiger partial charge is 0.337 e. The van der Waals surface area contributed by atoms with Crippen molar-refractivity contribution in [3.8, 4) is 0 Å². The molecular weight excluding hydrogens is 441 g/mol. The maximum atomic E-state index is 13.6. The highest BCUT2D eigenvalue weighted by atomic mass is 19.1. The Morgan fingerprint density at radius 3 is 2.53 bits per heavy atom. The van der Waals surface area contributed by atoms with Gasteiger partial charge in [-0.05, 0) is 36.4 Å². The number of pyridine rings is 1. The third-order valence-corrected chi connectivity index (χ3v) is 5.71. The molecule has 4 aromatic rings. The van der Waals surface area contributed by atoms with Gasteiger partial charge in [0.05, 0.1) is 23.1 Å². The van der Waals surface area contributed by atoms with Gasteiger partial charge in [-0.2, -0.15) is 0 Å². The molecule has 0 spiro atoms. The number of H-pyrrole nitrogens is 1. The van der Waals surface area contributed by atoms with Gasteiger partial charge < -0.3 is 9.80 Å². The van der Waals surface area contributed by atoms with Crippen molar-refractivity contribution >= 4 is 22.8 Å². The molecule has 0 saturated carbocycles.